The van der Waals surface area contributed by atoms with Crippen LogP contribution in [-0.2, 0) is 4.74 Å². The molecule has 5 heteroatoms. The van der Waals surface area contributed by atoms with Crippen molar-refractivity contribution in [3.05, 3.63) is 34.3 Å². The molecule has 0 bridgehead atoms. The van der Waals surface area contributed by atoms with E-state index in [1.807, 2.05) is 18.2 Å². The minimum atomic E-state index is -0.219. The van der Waals surface area contributed by atoms with Crippen LogP contribution in [0.25, 0.3) is 0 Å². The molecular weight excluding hydrogens is 332 g/mol. The fraction of sp³-hybridized carbons (Fsp3) is 0.625. The lowest BCUT2D eigenvalue weighted by Gasteiger charge is -2.42. The quantitative estimate of drug-likeness (QED) is 0.849. The van der Waals surface area contributed by atoms with Crippen molar-refractivity contribution in [1.82, 2.24) is 4.90 Å². The minimum Gasteiger partial charge on any atom is -0.394 e. The molecule has 118 valence electrons. The maximum absolute atomic E-state index is 9.35. The molecule has 1 aliphatic heterocycles. The van der Waals surface area contributed by atoms with Crippen molar-refractivity contribution in [3.63, 3.8) is 0 Å². The Morgan fingerprint density at radius 2 is 2.19 bits per heavy atom. The van der Waals surface area contributed by atoms with E-state index < -0.39 is 0 Å². The molecule has 1 heterocycles. The molecule has 1 aliphatic rings. The van der Waals surface area contributed by atoms with Gasteiger partial charge in [-0.25, -0.2) is 0 Å². The van der Waals surface area contributed by atoms with Crippen LogP contribution in [0.15, 0.2) is 28.7 Å². The van der Waals surface area contributed by atoms with E-state index in [0.717, 1.165) is 36.1 Å². The Kier molecular flexibility index (Phi) is 5.80. The summed E-state index contributed by atoms with van der Waals surface area (Å²) in [7, 11) is 0. The molecule has 0 saturated carbocycles. The number of rotatable bonds is 5. The van der Waals surface area contributed by atoms with Gasteiger partial charge in [-0.05, 0) is 31.9 Å². The third-order valence-electron chi connectivity index (χ3n) is 3.82. The van der Waals surface area contributed by atoms with Crippen molar-refractivity contribution in [2.24, 2.45) is 5.73 Å². The molecule has 3 N–H and O–H groups in total. The lowest BCUT2D eigenvalue weighted by Crippen LogP contribution is -2.54. The second-order valence-electron chi connectivity index (χ2n) is 6.33. The lowest BCUT2D eigenvalue weighted by molar-refractivity contribution is -0.149. The average Bonchev–Trinajstić information content (AvgIpc) is 2.43. The molecule has 1 aromatic rings. The van der Waals surface area contributed by atoms with Gasteiger partial charge >= 0.3 is 0 Å². The number of aliphatic hydroxyl groups is 1. The maximum Gasteiger partial charge on any atom is 0.0940 e. The first-order valence-corrected chi connectivity index (χ1v) is 8.21. The minimum absolute atomic E-state index is 0.0131. The lowest BCUT2D eigenvalue weighted by atomic mass is 10.0. The molecule has 1 fully saturated rings. The number of hydrogen-bond acceptors (Lipinski definition) is 4. The Balaban J connectivity index is 1.91. The molecule has 0 aliphatic carbocycles. The third-order valence-corrected chi connectivity index (χ3v) is 4.54. The summed E-state index contributed by atoms with van der Waals surface area (Å²) < 4.78 is 6.90. The first-order chi connectivity index (χ1) is 9.91. The molecule has 4 nitrogen and oxygen atoms in total. The van der Waals surface area contributed by atoms with Gasteiger partial charge in [-0.2, -0.15) is 0 Å². The summed E-state index contributed by atoms with van der Waals surface area (Å²) in [5, 5.41) is 9.35. The highest BCUT2D eigenvalue weighted by Crippen LogP contribution is 2.25. The number of morpholine rings is 1. The topological polar surface area (TPSA) is 58.7 Å². The summed E-state index contributed by atoms with van der Waals surface area (Å²) in [4.78, 5) is 2.33. The van der Waals surface area contributed by atoms with Gasteiger partial charge < -0.3 is 15.6 Å². The van der Waals surface area contributed by atoms with Gasteiger partial charge in [-0.1, -0.05) is 34.1 Å². The van der Waals surface area contributed by atoms with Crippen LogP contribution in [0, 0.1) is 0 Å². The van der Waals surface area contributed by atoms with Crippen molar-refractivity contribution >= 4 is 15.9 Å². The Morgan fingerprint density at radius 1 is 1.48 bits per heavy atom. The Hall–Kier alpha value is -0.460. The summed E-state index contributed by atoms with van der Waals surface area (Å²) in [6, 6.07) is 8.11. The molecule has 0 spiro atoms. The molecule has 2 atom stereocenters. The average molecular weight is 357 g/mol. The molecule has 1 aromatic carbocycles. The highest BCUT2D eigenvalue weighted by atomic mass is 79.9. The zero-order valence-corrected chi connectivity index (χ0v) is 14.3. The van der Waals surface area contributed by atoms with Gasteiger partial charge in [0.1, 0.15) is 0 Å². The van der Waals surface area contributed by atoms with Crippen molar-refractivity contribution in [2.75, 3.05) is 26.2 Å². The van der Waals surface area contributed by atoms with E-state index in [9.17, 15) is 5.11 Å². The van der Waals surface area contributed by atoms with Gasteiger partial charge in [0.25, 0.3) is 0 Å². The van der Waals surface area contributed by atoms with Crippen molar-refractivity contribution in [2.45, 2.75) is 38.0 Å². The molecule has 0 amide bonds. The van der Waals surface area contributed by atoms with Crippen molar-refractivity contribution in [1.29, 1.82) is 0 Å². The fourth-order valence-corrected chi connectivity index (χ4v) is 3.51. The van der Waals surface area contributed by atoms with Gasteiger partial charge in [0.05, 0.1) is 18.3 Å². The largest absolute Gasteiger partial charge is 0.394 e. The summed E-state index contributed by atoms with van der Waals surface area (Å²) in [6.45, 7) is 6.74. The summed E-state index contributed by atoms with van der Waals surface area (Å²) in [5.74, 6) is 0. The third kappa shape index (κ3) is 4.76. The van der Waals surface area contributed by atoms with Gasteiger partial charge in [0.15, 0.2) is 0 Å². The van der Waals surface area contributed by atoms with E-state index in [0.29, 0.717) is 0 Å². The monoisotopic (exact) mass is 356 g/mol. The van der Waals surface area contributed by atoms with E-state index >= 15 is 0 Å². The maximum atomic E-state index is 9.35. The Labute approximate surface area is 135 Å². The molecular formula is C16H25BrN2O2. The molecule has 21 heavy (non-hydrogen) atoms. The number of aliphatic hydroxyl groups excluding tert-OH is 1. The normalized spacial score (nSPS) is 24.0. The predicted octanol–water partition coefficient (Wildman–Crippen LogP) is 2.31. The molecule has 0 aromatic heterocycles. The van der Waals surface area contributed by atoms with Gasteiger partial charge in [-0.3, -0.25) is 4.90 Å². The first kappa shape index (κ1) is 16.9. The zero-order chi connectivity index (χ0) is 15.5. The summed E-state index contributed by atoms with van der Waals surface area (Å²) in [5.41, 5.74) is 7.23. The van der Waals surface area contributed by atoms with Gasteiger partial charge in [0.2, 0.25) is 0 Å². The highest BCUT2D eigenvalue weighted by Gasteiger charge is 2.32. The number of halogens is 1. The standard InChI is InChI=1S/C16H25BrN2O2/c1-16(2)11-19(9-12(10-20)21-16)8-7-15(18)13-5-3-4-6-14(13)17/h3-6,12,15,20H,7-11,18H2,1-2H3. The van der Waals surface area contributed by atoms with Gasteiger partial charge in [-0.15, -0.1) is 0 Å². The van der Waals surface area contributed by atoms with Crippen molar-refractivity contribution in [3.8, 4) is 0 Å². The SMILES string of the molecule is CC1(C)CN(CCC(N)c2ccccc2Br)CC(CO)O1. The first-order valence-electron chi connectivity index (χ1n) is 7.42. The Bertz CT molecular complexity index is 467. The van der Waals surface area contributed by atoms with Crippen LogP contribution in [-0.4, -0.2) is 48.0 Å². The second-order valence-corrected chi connectivity index (χ2v) is 7.19. The van der Waals surface area contributed by atoms with E-state index in [1.165, 1.54) is 0 Å². The van der Waals surface area contributed by atoms with Crippen LogP contribution in [0.4, 0.5) is 0 Å². The van der Waals surface area contributed by atoms with Crippen LogP contribution in [0.3, 0.4) is 0 Å². The summed E-state index contributed by atoms with van der Waals surface area (Å²) >= 11 is 3.56. The molecule has 2 rings (SSSR count). The van der Waals surface area contributed by atoms with Crippen LogP contribution >= 0.6 is 15.9 Å². The second kappa shape index (κ2) is 7.20. The molecule has 0 radical (unpaired) electrons. The predicted molar refractivity (Wildman–Crippen MR) is 88.2 cm³/mol. The van der Waals surface area contributed by atoms with E-state index in [1.54, 1.807) is 0 Å². The van der Waals surface area contributed by atoms with E-state index in [4.69, 9.17) is 10.5 Å². The summed E-state index contributed by atoms with van der Waals surface area (Å²) in [6.07, 6.45) is 0.782. The molecule has 2 unspecified atom stereocenters. The number of hydrogen-bond donors (Lipinski definition) is 2. The van der Waals surface area contributed by atoms with Crippen LogP contribution in [0.5, 0.6) is 0 Å². The van der Waals surface area contributed by atoms with Crippen LogP contribution < -0.4 is 5.73 Å². The van der Waals surface area contributed by atoms with E-state index in [-0.39, 0.29) is 24.4 Å². The number of nitrogens with zero attached hydrogens (tertiary/aromatic N) is 1. The zero-order valence-electron chi connectivity index (χ0n) is 12.8. The fourth-order valence-electron chi connectivity index (χ4n) is 2.94. The van der Waals surface area contributed by atoms with Crippen molar-refractivity contribution < 1.29 is 9.84 Å². The van der Waals surface area contributed by atoms with Gasteiger partial charge in [0, 0.05) is 30.1 Å². The molecule has 1 saturated heterocycles. The highest BCUT2D eigenvalue weighted by molar-refractivity contribution is 9.10. The Morgan fingerprint density at radius 3 is 2.86 bits per heavy atom. The number of nitrogens with two attached hydrogens (primary N) is 1. The van der Waals surface area contributed by atoms with E-state index in [2.05, 4.69) is 40.7 Å². The van der Waals surface area contributed by atoms with Crippen LogP contribution in [0.2, 0.25) is 0 Å². The number of ether oxygens (including phenoxy) is 1. The van der Waals surface area contributed by atoms with Crippen LogP contribution in [0.1, 0.15) is 31.9 Å². The smallest absolute Gasteiger partial charge is 0.0940 e. The number of benzene rings is 1.